The van der Waals surface area contributed by atoms with Gasteiger partial charge >= 0.3 is 0 Å². The van der Waals surface area contributed by atoms with Crippen LogP contribution in [0.15, 0.2) is 24.3 Å². The molecule has 1 rings (SSSR count). The smallest absolute Gasteiger partial charge is 0.202 e. The first-order chi connectivity index (χ1) is 5.00. The van der Waals surface area contributed by atoms with Crippen molar-refractivity contribution in [1.29, 1.82) is 0 Å². The van der Waals surface area contributed by atoms with Crippen molar-refractivity contribution in [3.63, 3.8) is 0 Å². The average molecular weight is 155 g/mol. The SMILES string of the molecule is [CH2]c1ccc(C(C)(F)F)cc1. The van der Waals surface area contributed by atoms with Crippen LogP contribution in [-0.4, -0.2) is 0 Å². The Bertz CT molecular complexity index is 231. The molecular formula is C9H9F2. The minimum Gasteiger partial charge on any atom is -0.202 e. The molecule has 0 bridgehead atoms. The maximum atomic E-state index is 12.6. The molecule has 0 atom stereocenters. The number of hydrogen-bond donors (Lipinski definition) is 0. The Kier molecular flexibility index (Phi) is 1.94. The van der Waals surface area contributed by atoms with Crippen LogP contribution < -0.4 is 0 Å². The molecule has 0 aliphatic carbocycles. The van der Waals surface area contributed by atoms with Gasteiger partial charge in [-0.2, -0.15) is 0 Å². The molecule has 0 saturated heterocycles. The first-order valence-corrected chi connectivity index (χ1v) is 3.30. The van der Waals surface area contributed by atoms with E-state index in [9.17, 15) is 8.78 Å². The van der Waals surface area contributed by atoms with Gasteiger partial charge in [-0.1, -0.05) is 24.3 Å². The number of benzene rings is 1. The molecule has 0 heterocycles. The predicted molar refractivity (Wildman–Crippen MR) is 40.5 cm³/mol. The van der Waals surface area contributed by atoms with Crippen molar-refractivity contribution < 1.29 is 8.78 Å². The van der Waals surface area contributed by atoms with Gasteiger partial charge in [0.15, 0.2) is 0 Å². The van der Waals surface area contributed by atoms with Crippen molar-refractivity contribution in [2.24, 2.45) is 0 Å². The summed E-state index contributed by atoms with van der Waals surface area (Å²) in [7, 11) is 0. The minimum absolute atomic E-state index is 0.0323. The Balaban J connectivity index is 2.99. The van der Waals surface area contributed by atoms with Gasteiger partial charge in [-0.05, 0) is 12.5 Å². The molecule has 0 unspecified atom stereocenters. The molecule has 0 spiro atoms. The van der Waals surface area contributed by atoms with Crippen molar-refractivity contribution >= 4 is 0 Å². The summed E-state index contributed by atoms with van der Waals surface area (Å²) >= 11 is 0. The van der Waals surface area contributed by atoms with E-state index in [1.807, 2.05) is 0 Å². The second kappa shape index (κ2) is 2.61. The van der Waals surface area contributed by atoms with Crippen LogP contribution in [0.5, 0.6) is 0 Å². The Morgan fingerprint density at radius 3 is 2.00 bits per heavy atom. The van der Waals surface area contributed by atoms with Gasteiger partial charge in [0.2, 0.25) is 0 Å². The van der Waals surface area contributed by atoms with E-state index in [2.05, 4.69) is 6.92 Å². The first kappa shape index (κ1) is 8.18. The van der Waals surface area contributed by atoms with Crippen LogP contribution in [0, 0.1) is 6.92 Å². The zero-order chi connectivity index (χ0) is 8.48. The van der Waals surface area contributed by atoms with Crippen LogP contribution in [0.4, 0.5) is 8.78 Å². The summed E-state index contributed by atoms with van der Waals surface area (Å²) in [4.78, 5) is 0. The molecule has 0 aliphatic rings. The normalized spacial score (nSPS) is 11.6. The standard InChI is InChI=1S/C9H9F2/c1-7-3-5-8(6-4-7)9(2,10)11/h3-6H,1H2,2H3. The molecule has 0 aliphatic heterocycles. The highest BCUT2D eigenvalue weighted by atomic mass is 19.3. The summed E-state index contributed by atoms with van der Waals surface area (Å²) in [5.41, 5.74) is 0.780. The van der Waals surface area contributed by atoms with E-state index in [1.54, 1.807) is 12.1 Å². The summed E-state index contributed by atoms with van der Waals surface area (Å²) in [5.74, 6) is -2.74. The molecule has 0 N–H and O–H groups in total. The molecule has 59 valence electrons. The van der Waals surface area contributed by atoms with E-state index in [0.29, 0.717) is 0 Å². The summed E-state index contributed by atoms with van der Waals surface area (Å²) in [6, 6.07) is 5.93. The Morgan fingerprint density at radius 2 is 1.64 bits per heavy atom. The molecule has 0 amide bonds. The molecule has 2 heteroatoms. The van der Waals surface area contributed by atoms with Gasteiger partial charge in [0.25, 0.3) is 5.92 Å². The molecule has 0 aromatic heterocycles. The van der Waals surface area contributed by atoms with Crippen LogP contribution in [0.1, 0.15) is 18.1 Å². The van der Waals surface area contributed by atoms with E-state index in [1.165, 1.54) is 12.1 Å². The van der Waals surface area contributed by atoms with Gasteiger partial charge in [-0.3, -0.25) is 0 Å². The van der Waals surface area contributed by atoms with Gasteiger partial charge in [0, 0.05) is 12.5 Å². The lowest BCUT2D eigenvalue weighted by Crippen LogP contribution is -2.06. The molecule has 0 fully saturated rings. The molecule has 0 saturated carbocycles. The molecule has 0 nitrogen and oxygen atoms in total. The molecule has 1 aromatic rings. The number of rotatable bonds is 1. The fraction of sp³-hybridized carbons (Fsp3) is 0.222. The van der Waals surface area contributed by atoms with Gasteiger partial charge in [0.1, 0.15) is 0 Å². The molecular weight excluding hydrogens is 146 g/mol. The van der Waals surface area contributed by atoms with Gasteiger partial charge < -0.3 is 0 Å². The highest BCUT2D eigenvalue weighted by molar-refractivity contribution is 5.26. The minimum atomic E-state index is -2.74. The highest BCUT2D eigenvalue weighted by Crippen LogP contribution is 2.26. The third kappa shape index (κ3) is 2.00. The summed E-state index contributed by atoms with van der Waals surface area (Å²) in [6.45, 7) is 4.48. The largest absolute Gasteiger partial charge is 0.270 e. The Labute approximate surface area is 64.9 Å². The third-order valence-corrected chi connectivity index (χ3v) is 1.46. The zero-order valence-corrected chi connectivity index (χ0v) is 6.27. The van der Waals surface area contributed by atoms with E-state index < -0.39 is 5.92 Å². The van der Waals surface area contributed by atoms with E-state index in [0.717, 1.165) is 12.5 Å². The molecule has 1 radical (unpaired) electrons. The van der Waals surface area contributed by atoms with Gasteiger partial charge in [-0.15, -0.1) is 0 Å². The summed E-state index contributed by atoms with van der Waals surface area (Å²) in [6.07, 6.45) is 0. The highest BCUT2D eigenvalue weighted by Gasteiger charge is 2.23. The van der Waals surface area contributed by atoms with Crippen LogP contribution in [0.25, 0.3) is 0 Å². The predicted octanol–water partition coefficient (Wildman–Crippen LogP) is 2.98. The third-order valence-electron chi connectivity index (χ3n) is 1.46. The Hall–Kier alpha value is -0.920. The van der Waals surface area contributed by atoms with Crippen LogP contribution >= 0.6 is 0 Å². The number of hydrogen-bond acceptors (Lipinski definition) is 0. The Morgan fingerprint density at radius 1 is 1.18 bits per heavy atom. The van der Waals surface area contributed by atoms with Crippen molar-refractivity contribution in [3.05, 3.63) is 42.3 Å². The van der Waals surface area contributed by atoms with Gasteiger partial charge in [-0.25, -0.2) is 8.78 Å². The van der Waals surface area contributed by atoms with E-state index in [4.69, 9.17) is 0 Å². The first-order valence-electron chi connectivity index (χ1n) is 3.30. The lowest BCUT2D eigenvalue weighted by molar-refractivity contribution is 0.0175. The average Bonchev–Trinajstić information content (AvgIpc) is 1.86. The van der Waals surface area contributed by atoms with E-state index >= 15 is 0 Å². The maximum Gasteiger partial charge on any atom is 0.270 e. The van der Waals surface area contributed by atoms with Crippen LogP contribution in [-0.2, 0) is 5.92 Å². The second-order valence-corrected chi connectivity index (χ2v) is 2.59. The second-order valence-electron chi connectivity index (χ2n) is 2.59. The number of alkyl halides is 2. The van der Waals surface area contributed by atoms with Crippen LogP contribution in [0.3, 0.4) is 0 Å². The summed E-state index contributed by atoms with van der Waals surface area (Å²) < 4.78 is 25.1. The lowest BCUT2D eigenvalue weighted by atomic mass is 10.1. The van der Waals surface area contributed by atoms with Crippen molar-refractivity contribution in [2.45, 2.75) is 12.8 Å². The van der Waals surface area contributed by atoms with Crippen molar-refractivity contribution in [1.82, 2.24) is 0 Å². The lowest BCUT2D eigenvalue weighted by Gasteiger charge is -2.09. The monoisotopic (exact) mass is 155 g/mol. The maximum absolute atomic E-state index is 12.6. The van der Waals surface area contributed by atoms with Crippen molar-refractivity contribution in [3.8, 4) is 0 Å². The summed E-state index contributed by atoms with van der Waals surface area (Å²) in [5, 5.41) is 0. The topological polar surface area (TPSA) is 0 Å². The van der Waals surface area contributed by atoms with Gasteiger partial charge in [0.05, 0.1) is 0 Å². The van der Waals surface area contributed by atoms with Crippen LogP contribution in [0.2, 0.25) is 0 Å². The molecule has 1 aromatic carbocycles. The quantitative estimate of drug-likeness (QED) is 0.584. The zero-order valence-electron chi connectivity index (χ0n) is 6.27. The van der Waals surface area contributed by atoms with E-state index in [-0.39, 0.29) is 5.56 Å². The fourth-order valence-corrected chi connectivity index (χ4v) is 0.797. The fourth-order valence-electron chi connectivity index (χ4n) is 0.797. The number of halogens is 2. The molecule has 11 heavy (non-hydrogen) atoms. The van der Waals surface area contributed by atoms with Crippen molar-refractivity contribution in [2.75, 3.05) is 0 Å².